The number of hydrogen-bond donors (Lipinski definition) is 0. The number of allylic oxidation sites excluding steroid dienone is 1. The zero-order chi connectivity index (χ0) is 8.97. The molecule has 0 aromatic heterocycles. The van der Waals surface area contributed by atoms with Crippen molar-refractivity contribution in [3.63, 3.8) is 0 Å². The summed E-state index contributed by atoms with van der Waals surface area (Å²) in [6.07, 6.45) is 4.18. The molecule has 1 radical (unpaired) electrons. The van der Waals surface area contributed by atoms with Gasteiger partial charge in [0.25, 0.3) is 0 Å². The SMILES string of the molecule is O=[C]C=Cc1ccc(Cl)c(F)c1. The molecule has 1 rings (SSSR count). The maximum atomic E-state index is 12.7. The van der Waals surface area contributed by atoms with Gasteiger partial charge in [-0.05, 0) is 23.8 Å². The molecule has 0 saturated heterocycles. The zero-order valence-electron chi connectivity index (χ0n) is 6.05. The maximum absolute atomic E-state index is 12.7. The molecule has 0 amide bonds. The van der Waals surface area contributed by atoms with Crippen LogP contribution in [0.4, 0.5) is 4.39 Å². The average Bonchev–Trinajstić information content (AvgIpc) is 2.07. The van der Waals surface area contributed by atoms with Crippen LogP contribution in [0.5, 0.6) is 0 Å². The Morgan fingerprint density at radius 2 is 2.25 bits per heavy atom. The van der Waals surface area contributed by atoms with E-state index in [9.17, 15) is 9.18 Å². The highest BCUT2D eigenvalue weighted by molar-refractivity contribution is 6.30. The summed E-state index contributed by atoms with van der Waals surface area (Å²) in [5, 5.41) is 0.0715. The Morgan fingerprint density at radius 3 is 2.83 bits per heavy atom. The van der Waals surface area contributed by atoms with Gasteiger partial charge in [0.15, 0.2) is 0 Å². The molecule has 0 atom stereocenters. The van der Waals surface area contributed by atoms with E-state index in [0.717, 1.165) is 0 Å². The molecule has 0 N–H and O–H groups in total. The summed E-state index contributed by atoms with van der Waals surface area (Å²) < 4.78 is 12.7. The molecule has 1 nitrogen and oxygen atoms in total. The minimum atomic E-state index is -0.496. The fourth-order valence-electron chi connectivity index (χ4n) is 0.746. The first-order chi connectivity index (χ1) is 5.74. The summed E-state index contributed by atoms with van der Waals surface area (Å²) in [6.45, 7) is 0. The van der Waals surface area contributed by atoms with Gasteiger partial charge in [-0.25, -0.2) is 4.39 Å². The molecule has 0 aliphatic rings. The van der Waals surface area contributed by atoms with Crippen LogP contribution in [0.3, 0.4) is 0 Å². The lowest BCUT2D eigenvalue weighted by atomic mass is 10.2. The van der Waals surface area contributed by atoms with E-state index in [1.54, 1.807) is 12.4 Å². The van der Waals surface area contributed by atoms with Gasteiger partial charge in [0.1, 0.15) is 5.82 Å². The van der Waals surface area contributed by atoms with E-state index in [2.05, 4.69) is 0 Å². The fourth-order valence-corrected chi connectivity index (χ4v) is 0.864. The summed E-state index contributed by atoms with van der Waals surface area (Å²) in [4.78, 5) is 9.80. The Hall–Kier alpha value is -1.15. The Kier molecular flexibility index (Phi) is 3.00. The third-order valence-electron chi connectivity index (χ3n) is 1.29. The van der Waals surface area contributed by atoms with E-state index in [4.69, 9.17) is 11.6 Å². The van der Waals surface area contributed by atoms with Crippen LogP contribution in [-0.4, -0.2) is 6.29 Å². The van der Waals surface area contributed by atoms with Crippen molar-refractivity contribution in [2.75, 3.05) is 0 Å². The van der Waals surface area contributed by atoms with Crippen molar-refractivity contribution in [3.05, 3.63) is 40.7 Å². The quantitative estimate of drug-likeness (QED) is 0.645. The van der Waals surface area contributed by atoms with Gasteiger partial charge >= 0.3 is 0 Å². The molecule has 0 saturated carbocycles. The van der Waals surface area contributed by atoms with Gasteiger partial charge in [0.2, 0.25) is 6.29 Å². The molecule has 0 fully saturated rings. The van der Waals surface area contributed by atoms with Crippen LogP contribution >= 0.6 is 11.6 Å². The van der Waals surface area contributed by atoms with Crippen LogP contribution in [0.1, 0.15) is 5.56 Å². The first kappa shape index (κ1) is 8.94. The van der Waals surface area contributed by atoms with Crippen molar-refractivity contribution in [3.8, 4) is 0 Å². The zero-order valence-corrected chi connectivity index (χ0v) is 6.81. The molecule has 0 aliphatic carbocycles. The first-order valence-electron chi connectivity index (χ1n) is 3.23. The van der Waals surface area contributed by atoms with Gasteiger partial charge in [0.05, 0.1) is 5.02 Å². The van der Waals surface area contributed by atoms with Crippen LogP contribution in [0, 0.1) is 5.82 Å². The van der Waals surface area contributed by atoms with Gasteiger partial charge in [0, 0.05) is 0 Å². The van der Waals surface area contributed by atoms with Gasteiger partial charge in [-0.1, -0.05) is 23.7 Å². The molecule has 1 aromatic carbocycles. The lowest BCUT2D eigenvalue weighted by Gasteiger charge is -1.94. The third kappa shape index (κ3) is 2.17. The number of benzene rings is 1. The average molecular weight is 184 g/mol. The van der Waals surface area contributed by atoms with E-state index in [1.807, 2.05) is 0 Å². The molecule has 0 bridgehead atoms. The van der Waals surface area contributed by atoms with Gasteiger partial charge in [-0.15, -0.1) is 0 Å². The molecule has 3 heteroatoms. The predicted octanol–water partition coefficient (Wildman–Crippen LogP) is 2.60. The van der Waals surface area contributed by atoms with E-state index >= 15 is 0 Å². The third-order valence-corrected chi connectivity index (χ3v) is 1.59. The van der Waals surface area contributed by atoms with E-state index < -0.39 is 5.82 Å². The Morgan fingerprint density at radius 1 is 1.50 bits per heavy atom. The van der Waals surface area contributed by atoms with Crippen molar-refractivity contribution in [1.29, 1.82) is 0 Å². The molecular weight excluding hydrogens is 179 g/mol. The lowest BCUT2D eigenvalue weighted by molar-refractivity contribution is 0.564. The van der Waals surface area contributed by atoms with Crippen LogP contribution in [0.15, 0.2) is 24.3 Å². The summed E-state index contributed by atoms with van der Waals surface area (Å²) in [7, 11) is 0. The molecule has 0 unspecified atom stereocenters. The van der Waals surface area contributed by atoms with E-state index in [1.165, 1.54) is 24.3 Å². The van der Waals surface area contributed by atoms with E-state index in [-0.39, 0.29) is 5.02 Å². The van der Waals surface area contributed by atoms with Crippen LogP contribution in [0.25, 0.3) is 6.08 Å². The molecule has 12 heavy (non-hydrogen) atoms. The summed E-state index contributed by atoms with van der Waals surface area (Å²) in [5.41, 5.74) is 0.584. The highest BCUT2D eigenvalue weighted by Crippen LogP contribution is 2.15. The second-order valence-corrected chi connectivity index (χ2v) is 2.53. The minimum Gasteiger partial charge on any atom is -0.286 e. The van der Waals surface area contributed by atoms with Gasteiger partial charge < -0.3 is 0 Å². The monoisotopic (exact) mass is 183 g/mol. The van der Waals surface area contributed by atoms with Gasteiger partial charge in [-0.3, -0.25) is 4.79 Å². The van der Waals surface area contributed by atoms with Crippen LogP contribution < -0.4 is 0 Å². The van der Waals surface area contributed by atoms with E-state index in [0.29, 0.717) is 5.56 Å². The summed E-state index contributed by atoms with van der Waals surface area (Å²) in [5.74, 6) is -0.496. The Balaban J connectivity index is 2.96. The lowest BCUT2D eigenvalue weighted by Crippen LogP contribution is -1.78. The largest absolute Gasteiger partial charge is 0.286 e. The second kappa shape index (κ2) is 4.02. The molecule has 1 aromatic rings. The first-order valence-corrected chi connectivity index (χ1v) is 3.61. The van der Waals surface area contributed by atoms with Crippen LogP contribution in [0.2, 0.25) is 5.02 Å². The molecule has 0 heterocycles. The number of carbonyl (C=O) groups excluding carboxylic acids is 1. The van der Waals surface area contributed by atoms with Crippen molar-refractivity contribution >= 4 is 24.0 Å². The number of halogens is 2. The Bertz CT molecular complexity index is 320. The maximum Gasteiger partial charge on any atom is 0.225 e. The number of rotatable bonds is 2. The Labute approximate surface area is 74.5 Å². The summed E-state index contributed by atoms with van der Waals surface area (Å²) in [6, 6.07) is 4.29. The highest BCUT2D eigenvalue weighted by Gasteiger charge is 1.97. The summed E-state index contributed by atoms with van der Waals surface area (Å²) >= 11 is 5.44. The van der Waals surface area contributed by atoms with Crippen molar-refractivity contribution in [2.45, 2.75) is 0 Å². The molecular formula is C9H5ClFO. The predicted molar refractivity (Wildman–Crippen MR) is 46.1 cm³/mol. The molecule has 0 spiro atoms. The second-order valence-electron chi connectivity index (χ2n) is 2.12. The molecule has 0 aliphatic heterocycles. The normalized spacial score (nSPS) is 10.5. The molecule has 61 valence electrons. The van der Waals surface area contributed by atoms with Gasteiger partial charge in [-0.2, -0.15) is 0 Å². The fraction of sp³-hybridized carbons (Fsp3) is 0. The highest BCUT2D eigenvalue weighted by atomic mass is 35.5. The van der Waals surface area contributed by atoms with Crippen LogP contribution in [-0.2, 0) is 4.79 Å². The minimum absolute atomic E-state index is 0.0715. The van der Waals surface area contributed by atoms with Crippen molar-refractivity contribution < 1.29 is 9.18 Å². The van der Waals surface area contributed by atoms with Crippen molar-refractivity contribution in [2.24, 2.45) is 0 Å². The standard InChI is InChI=1S/C9H5ClFO/c10-8-4-3-7(2-1-5-12)6-9(8)11/h1-4,6H. The van der Waals surface area contributed by atoms with Crippen molar-refractivity contribution in [1.82, 2.24) is 0 Å². The smallest absolute Gasteiger partial charge is 0.225 e. The topological polar surface area (TPSA) is 17.1 Å². The number of hydrogen-bond acceptors (Lipinski definition) is 1.